The van der Waals surface area contributed by atoms with E-state index in [4.69, 9.17) is 14.2 Å². The molecule has 5 nitrogen and oxygen atoms in total. The molecule has 0 heterocycles. The van der Waals surface area contributed by atoms with Crippen molar-refractivity contribution in [3.05, 3.63) is 54.6 Å². The zero-order valence-corrected chi connectivity index (χ0v) is 16.5. The minimum absolute atomic E-state index is 0.0293. The first-order valence-electron chi connectivity index (χ1n) is 9.49. The maximum absolute atomic E-state index is 14.5. The van der Waals surface area contributed by atoms with E-state index in [-0.39, 0.29) is 37.7 Å². The number of carbonyl (C=O) groups excluding carboxylic acids is 2. The first kappa shape index (κ1) is 22.6. The zero-order chi connectivity index (χ0) is 21.4. The summed E-state index contributed by atoms with van der Waals surface area (Å²) < 4.78 is 44.0. The first-order chi connectivity index (χ1) is 13.7. The molecule has 158 valence electrons. The topological polar surface area (TPSA) is 61.8 Å². The zero-order valence-electron chi connectivity index (χ0n) is 16.5. The molecule has 0 spiro atoms. The number of hydrogen-bond donors (Lipinski definition) is 0. The molecular formula is C22H26F2O5. The predicted molar refractivity (Wildman–Crippen MR) is 103 cm³/mol. The Hall–Kier alpha value is -2.70. The fourth-order valence-electron chi connectivity index (χ4n) is 3.09. The summed E-state index contributed by atoms with van der Waals surface area (Å²) >= 11 is 0. The highest BCUT2D eigenvalue weighted by Gasteiger charge is 2.44. The van der Waals surface area contributed by atoms with E-state index in [1.54, 1.807) is 19.1 Å². The van der Waals surface area contributed by atoms with Gasteiger partial charge in [-0.1, -0.05) is 25.3 Å². The van der Waals surface area contributed by atoms with Gasteiger partial charge in [0.25, 0.3) is 0 Å². The second-order valence-corrected chi connectivity index (χ2v) is 7.22. The van der Waals surface area contributed by atoms with Crippen molar-refractivity contribution in [3.63, 3.8) is 0 Å². The van der Waals surface area contributed by atoms with Crippen LogP contribution >= 0.6 is 0 Å². The lowest BCUT2D eigenvalue weighted by Gasteiger charge is -2.33. The summed E-state index contributed by atoms with van der Waals surface area (Å²) in [5.74, 6) is -1.79. The molecule has 1 aliphatic carbocycles. The van der Waals surface area contributed by atoms with E-state index >= 15 is 0 Å². The molecule has 29 heavy (non-hydrogen) atoms. The van der Waals surface area contributed by atoms with Crippen LogP contribution in [0, 0.1) is 11.8 Å². The van der Waals surface area contributed by atoms with Crippen LogP contribution in [-0.4, -0.2) is 24.7 Å². The first-order valence-corrected chi connectivity index (χ1v) is 9.49. The normalized spacial score (nSPS) is 19.1. The van der Waals surface area contributed by atoms with Gasteiger partial charge in [-0.25, -0.2) is 9.59 Å². The Morgan fingerprint density at radius 2 is 1.76 bits per heavy atom. The van der Waals surface area contributed by atoms with Gasteiger partial charge < -0.3 is 14.2 Å². The van der Waals surface area contributed by atoms with Crippen LogP contribution in [0.3, 0.4) is 0 Å². The summed E-state index contributed by atoms with van der Waals surface area (Å²) in [6.07, 6.45) is -0.579. The van der Waals surface area contributed by atoms with E-state index in [2.05, 4.69) is 13.2 Å². The fraction of sp³-hybridized carbons (Fsp3) is 0.455. The van der Waals surface area contributed by atoms with E-state index in [0.29, 0.717) is 24.0 Å². The number of ether oxygens (including phenoxy) is 3. The average Bonchev–Trinajstić information content (AvgIpc) is 2.71. The maximum atomic E-state index is 14.5. The van der Waals surface area contributed by atoms with Crippen LogP contribution in [0.4, 0.5) is 8.78 Å². The maximum Gasteiger partial charge on any atom is 0.400 e. The van der Waals surface area contributed by atoms with Crippen LogP contribution < -0.4 is 4.74 Å². The molecule has 0 aliphatic heterocycles. The van der Waals surface area contributed by atoms with Crippen molar-refractivity contribution in [2.24, 2.45) is 11.8 Å². The van der Waals surface area contributed by atoms with Crippen molar-refractivity contribution in [1.82, 2.24) is 0 Å². The minimum Gasteiger partial charge on any atom is -0.462 e. The summed E-state index contributed by atoms with van der Waals surface area (Å²) in [7, 11) is 0. The molecule has 0 unspecified atom stereocenters. The number of esters is 2. The molecule has 0 bridgehead atoms. The van der Waals surface area contributed by atoms with E-state index in [1.807, 2.05) is 0 Å². The molecule has 0 saturated heterocycles. The summed E-state index contributed by atoms with van der Waals surface area (Å²) in [5.41, 5.74) is 0.976. The highest BCUT2D eigenvalue weighted by molar-refractivity contribution is 5.86. The Morgan fingerprint density at radius 1 is 1.14 bits per heavy atom. The number of alkyl halides is 2. The number of benzene rings is 1. The van der Waals surface area contributed by atoms with Crippen LogP contribution in [0.2, 0.25) is 0 Å². The molecule has 2 rings (SSSR count). The SMILES string of the molecule is C=CC(=O)OCc1ccc(OC(F)(F)C2CCC(COC(=O)C(=C)C)CC2)cc1. The number of carbonyl (C=O) groups is 2. The average molecular weight is 408 g/mol. The summed E-state index contributed by atoms with van der Waals surface area (Å²) in [6.45, 7) is 8.63. The highest BCUT2D eigenvalue weighted by Crippen LogP contribution is 2.40. The Balaban J connectivity index is 1.82. The molecule has 0 amide bonds. The van der Waals surface area contributed by atoms with Crippen molar-refractivity contribution >= 4 is 11.9 Å². The van der Waals surface area contributed by atoms with Gasteiger partial charge in [-0.2, -0.15) is 8.78 Å². The Kier molecular flexibility index (Phi) is 7.93. The van der Waals surface area contributed by atoms with Crippen LogP contribution in [-0.2, 0) is 25.7 Å². The quantitative estimate of drug-likeness (QED) is 0.433. The van der Waals surface area contributed by atoms with Crippen molar-refractivity contribution in [3.8, 4) is 5.75 Å². The molecule has 0 atom stereocenters. The smallest absolute Gasteiger partial charge is 0.400 e. The second kappa shape index (κ2) is 10.2. The predicted octanol–water partition coefficient (Wildman–Crippen LogP) is 4.81. The second-order valence-electron chi connectivity index (χ2n) is 7.22. The van der Waals surface area contributed by atoms with Gasteiger partial charge >= 0.3 is 18.0 Å². The molecule has 7 heteroatoms. The Morgan fingerprint density at radius 3 is 2.31 bits per heavy atom. The molecule has 0 radical (unpaired) electrons. The van der Waals surface area contributed by atoms with Gasteiger partial charge in [-0.15, -0.1) is 0 Å². The molecule has 0 aromatic heterocycles. The van der Waals surface area contributed by atoms with Crippen LogP contribution in [0.1, 0.15) is 38.2 Å². The van der Waals surface area contributed by atoms with E-state index in [1.165, 1.54) is 12.1 Å². The van der Waals surface area contributed by atoms with Gasteiger partial charge in [0.2, 0.25) is 0 Å². The van der Waals surface area contributed by atoms with Gasteiger partial charge in [-0.05, 0) is 56.2 Å². The molecule has 1 fully saturated rings. The number of halogens is 2. The lowest BCUT2D eigenvalue weighted by Crippen LogP contribution is -2.37. The third-order valence-corrected chi connectivity index (χ3v) is 4.85. The van der Waals surface area contributed by atoms with Crippen molar-refractivity contribution in [2.75, 3.05) is 6.61 Å². The summed E-state index contributed by atoms with van der Waals surface area (Å²) in [5, 5.41) is 0. The lowest BCUT2D eigenvalue weighted by atomic mass is 9.81. The third kappa shape index (κ3) is 7.00. The summed E-state index contributed by atoms with van der Waals surface area (Å²) in [6, 6.07) is 5.98. The third-order valence-electron chi connectivity index (χ3n) is 4.85. The Bertz CT molecular complexity index is 734. The van der Waals surface area contributed by atoms with Crippen molar-refractivity contribution in [1.29, 1.82) is 0 Å². The van der Waals surface area contributed by atoms with Gasteiger partial charge in [0.05, 0.1) is 12.5 Å². The van der Waals surface area contributed by atoms with Crippen molar-refractivity contribution in [2.45, 2.75) is 45.3 Å². The van der Waals surface area contributed by atoms with Crippen LogP contribution in [0.25, 0.3) is 0 Å². The van der Waals surface area contributed by atoms with Crippen LogP contribution in [0.5, 0.6) is 5.75 Å². The molecule has 1 aromatic carbocycles. The molecule has 1 saturated carbocycles. The molecule has 1 aliphatic rings. The van der Waals surface area contributed by atoms with Crippen LogP contribution in [0.15, 0.2) is 49.1 Å². The molecule has 0 N–H and O–H groups in total. The van der Waals surface area contributed by atoms with Gasteiger partial charge in [0.15, 0.2) is 0 Å². The van der Waals surface area contributed by atoms with Gasteiger partial charge in [0.1, 0.15) is 12.4 Å². The standard InChI is InChI=1S/C22H26F2O5/c1-4-20(25)27-13-17-7-11-19(12-8-17)29-22(23,24)18-9-5-16(6-10-18)14-28-21(26)15(2)3/h4,7-8,11-12,16,18H,1-2,5-6,9-10,13-14H2,3H3. The molecule has 1 aromatic rings. The molecular weight excluding hydrogens is 382 g/mol. The number of hydrogen-bond acceptors (Lipinski definition) is 5. The van der Waals surface area contributed by atoms with Gasteiger partial charge in [0, 0.05) is 11.6 Å². The van der Waals surface area contributed by atoms with Crippen molar-refractivity contribution < 1.29 is 32.6 Å². The highest BCUT2D eigenvalue weighted by atomic mass is 19.3. The Labute approximate surface area is 169 Å². The fourth-order valence-corrected chi connectivity index (χ4v) is 3.09. The number of rotatable bonds is 9. The largest absolute Gasteiger partial charge is 0.462 e. The van der Waals surface area contributed by atoms with Gasteiger partial charge in [-0.3, -0.25) is 0 Å². The summed E-state index contributed by atoms with van der Waals surface area (Å²) in [4.78, 5) is 22.5. The van der Waals surface area contributed by atoms with E-state index in [9.17, 15) is 18.4 Å². The van der Waals surface area contributed by atoms with E-state index < -0.39 is 24.0 Å². The lowest BCUT2D eigenvalue weighted by molar-refractivity contribution is -0.224. The monoisotopic (exact) mass is 408 g/mol. The van der Waals surface area contributed by atoms with E-state index in [0.717, 1.165) is 6.08 Å². The minimum atomic E-state index is -3.30.